The molecule has 288 valence electrons. The lowest BCUT2D eigenvalue weighted by atomic mass is 9.98. The lowest BCUT2D eigenvalue weighted by Gasteiger charge is -2.38. The Morgan fingerprint density at radius 2 is 1.62 bits per heavy atom. The Balaban J connectivity index is 1.38. The Morgan fingerprint density at radius 1 is 0.925 bits per heavy atom. The van der Waals surface area contributed by atoms with Crippen LogP contribution in [0, 0.1) is 0 Å². The summed E-state index contributed by atoms with van der Waals surface area (Å²) >= 11 is 12.1. The zero-order valence-electron chi connectivity index (χ0n) is 29.2. The van der Waals surface area contributed by atoms with Crippen LogP contribution in [-0.4, -0.2) is 94.3 Å². The topological polar surface area (TPSA) is 220 Å². The summed E-state index contributed by atoms with van der Waals surface area (Å²) < 4.78 is 54.6. The van der Waals surface area contributed by atoms with Crippen LogP contribution < -0.4 is 10.5 Å². The Bertz CT molecular complexity index is 1880. The standard InChI is InChI=1S/C34H39Cl2N3O13S/c1-21(30(41)22-7-5-8-23(35)15-22)39(34(2,3)4)33(44)52-20-51-32(43)28(40)19-48-12-11-47-13-14-50-31(42)25-16-29(53(37,45)46)26(36)17-27(25)38-18-24-9-6-10-49-24/h5-10,15-17,21,38H,11-14,18-20H2,1-4H3,(H2,37,45,46). The van der Waals surface area contributed by atoms with E-state index in [0.29, 0.717) is 16.3 Å². The minimum atomic E-state index is -4.26. The molecule has 1 aromatic heterocycles. The molecule has 1 unspecified atom stereocenters. The number of esters is 2. The van der Waals surface area contributed by atoms with Crippen molar-refractivity contribution in [2.24, 2.45) is 5.14 Å². The van der Waals surface area contributed by atoms with E-state index < -0.39 is 69.5 Å². The fraction of sp³-hybridized carbons (Fsp3) is 0.382. The van der Waals surface area contributed by atoms with E-state index in [9.17, 15) is 32.4 Å². The molecule has 0 saturated heterocycles. The first kappa shape index (κ1) is 42.9. The van der Waals surface area contributed by atoms with Gasteiger partial charge in [-0.25, -0.2) is 27.9 Å². The van der Waals surface area contributed by atoms with Crippen molar-refractivity contribution in [2.45, 2.75) is 50.7 Å². The zero-order valence-corrected chi connectivity index (χ0v) is 31.5. The highest BCUT2D eigenvalue weighted by atomic mass is 35.5. The number of halogens is 2. The number of carbonyl (C=O) groups is 5. The monoisotopic (exact) mass is 799 g/mol. The number of nitrogens with one attached hydrogen (secondary N) is 1. The molecule has 0 saturated carbocycles. The van der Waals surface area contributed by atoms with Crippen LogP contribution >= 0.6 is 23.2 Å². The number of furan rings is 1. The van der Waals surface area contributed by atoms with Gasteiger partial charge in [0.25, 0.3) is 5.78 Å². The maximum atomic E-state index is 13.0. The quantitative estimate of drug-likeness (QED) is 0.0556. The molecular formula is C34H39Cl2N3O13S. The van der Waals surface area contributed by atoms with Crippen molar-refractivity contribution < 1.29 is 60.5 Å². The number of amides is 1. The van der Waals surface area contributed by atoms with Gasteiger partial charge in [-0.1, -0.05) is 35.3 Å². The highest BCUT2D eigenvalue weighted by molar-refractivity contribution is 7.89. The maximum absolute atomic E-state index is 13.0. The van der Waals surface area contributed by atoms with Gasteiger partial charge < -0.3 is 33.4 Å². The van der Waals surface area contributed by atoms with Crippen molar-refractivity contribution in [3.05, 3.63) is 81.7 Å². The van der Waals surface area contributed by atoms with E-state index in [4.69, 9.17) is 56.4 Å². The maximum Gasteiger partial charge on any atom is 0.413 e. The fourth-order valence-corrected chi connectivity index (χ4v) is 5.98. The summed E-state index contributed by atoms with van der Waals surface area (Å²) in [6, 6.07) is 10.9. The molecule has 0 spiro atoms. The number of anilines is 1. The SMILES string of the molecule is CC(C(=O)c1cccc(Cl)c1)N(C(=O)OCOC(=O)C(=O)COCCOCCOC(=O)c1cc(S(N)(=O)=O)c(Cl)cc1NCc1ccco1)C(C)(C)C. The van der Waals surface area contributed by atoms with Gasteiger partial charge in [0.2, 0.25) is 16.8 Å². The van der Waals surface area contributed by atoms with Gasteiger partial charge in [-0.3, -0.25) is 14.5 Å². The van der Waals surface area contributed by atoms with Crippen LogP contribution in [0.25, 0.3) is 0 Å². The van der Waals surface area contributed by atoms with Crippen molar-refractivity contribution in [1.82, 2.24) is 4.90 Å². The predicted octanol–water partition coefficient (Wildman–Crippen LogP) is 4.61. The molecule has 19 heteroatoms. The Labute approximate surface area is 315 Å². The minimum absolute atomic E-state index is 0.0569. The molecule has 0 fully saturated rings. The smallest absolute Gasteiger partial charge is 0.413 e. The van der Waals surface area contributed by atoms with E-state index >= 15 is 0 Å². The van der Waals surface area contributed by atoms with Crippen LogP contribution in [0.4, 0.5) is 10.5 Å². The fourth-order valence-electron chi connectivity index (χ4n) is 4.69. The highest BCUT2D eigenvalue weighted by Crippen LogP contribution is 2.29. The normalized spacial score (nSPS) is 12.1. The van der Waals surface area contributed by atoms with Crippen LogP contribution in [0.1, 0.15) is 54.2 Å². The summed E-state index contributed by atoms with van der Waals surface area (Å²) in [5.41, 5.74) is -0.568. The zero-order chi connectivity index (χ0) is 39.3. The van der Waals surface area contributed by atoms with Gasteiger partial charge in [0.05, 0.1) is 54.9 Å². The molecule has 0 aliphatic heterocycles. The summed E-state index contributed by atoms with van der Waals surface area (Å²) in [5, 5.41) is 8.31. The number of sulfonamides is 1. The van der Waals surface area contributed by atoms with E-state index in [1.807, 2.05) is 0 Å². The van der Waals surface area contributed by atoms with Crippen LogP contribution in [0.15, 0.2) is 64.1 Å². The highest BCUT2D eigenvalue weighted by Gasteiger charge is 2.36. The number of benzene rings is 2. The van der Waals surface area contributed by atoms with Gasteiger partial charge >= 0.3 is 18.0 Å². The van der Waals surface area contributed by atoms with Crippen molar-refractivity contribution in [3.8, 4) is 0 Å². The van der Waals surface area contributed by atoms with E-state index in [0.717, 1.165) is 6.07 Å². The number of carbonyl (C=O) groups excluding carboxylic acids is 5. The van der Waals surface area contributed by atoms with Gasteiger partial charge in [-0.2, -0.15) is 0 Å². The van der Waals surface area contributed by atoms with E-state index in [1.54, 1.807) is 51.1 Å². The number of Topliss-reactive ketones (excluding diaryl/α,β-unsaturated/α-hetero) is 2. The molecule has 1 amide bonds. The number of ether oxygens (including phenoxy) is 5. The molecule has 0 aliphatic carbocycles. The molecule has 3 rings (SSSR count). The predicted molar refractivity (Wildman–Crippen MR) is 190 cm³/mol. The second-order valence-electron chi connectivity index (χ2n) is 12.1. The Kier molecular flexibility index (Phi) is 15.8. The average Bonchev–Trinajstić information content (AvgIpc) is 3.60. The first-order valence-corrected chi connectivity index (χ1v) is 18.1. The van der Waals surface area contributed by atoms with Gasteiger partial charge in [0.15, 0.2) is 5.78 Å². The first-order chi connectivity index (χ1) is 24.9. The van der Waals surface area contributed by atoms with Gasteiger partial charge in [-0.05, 0) is 64.1 Å². The molecule has 0 bridgehead atoms. The Morgan fingerprint density at radius 3 is 2.26 bits per heavy atom. The number of hydrogen-bond donors (Lipinski definition) is 2. The van der Waals surface area contributed by atoms with Crippen molar-refractivity contribution in [2.75, 3.05) is 45.1 Å². The second kappa shape index (κ2) is 19.5. The number of primary sulfonamides is 1. The van der Waals surface area contributed by atoms with E-state index in [1.165, 1.54) is 30.2 Å². The van der Waals surface area contributed by atoms with Crippen LogP contribution in [0.5, 0.6) is 0 Å². The summed E-state index contributed by atoms with van der Waals surface area (Å²) in [6.45, 7) is 4.65. The molecule has 1 atom stereocenters. The van der Waals surface area contributed by atoms with Crippen molar-refractivity contribution in [3.63, 3.8) is 0 Å². The molecule has 16 nitrogen and oxygen atoms in total. The molecular weight excluding hydrogens is 761 g/mol. The lowest BCUT2D eigenvalue weighted by molar-refractivity contribution is -0.162. The largest absolute Gasteiger partial charge is 0.467 e. The van der Waals surface area contributed by atoms with Crippen molar-refractivity contribution >= 4 is 68.5 Å². The van der Waals surface area contributed by atoms with Crippen LogP contribution in [-0.2, 0) is 49.8 Å². The van der Waals surface area contributed by atoms with E-state index in [-0.39, 0.29) is 49.2 Å². The third-order valence-corrected chi connectivity index (χ3v) is 8.70. The number of hydrogen-bond acceptors (Lipinski definition) is 14. The molecule has 0 radical (unpaired) electrons. The van der Waals surface area contributed by atoms with Gasteiger partial charge in [0.1, 0.15) is 23.9 Å². The minimum Gasteiger partial charge on any atom is -0.467 e. The molecule has 2 aromatic carbocycles. The van der Waals surface area contributed by atoms with Crippen LogP contribution in [0.2, 0.25) is 10.0 Å². The summed E-state index contributed by atoms with van der Waals surface area (Å²) in [5.74, 6) is -3.14. The summed E-state index contributed by atoms with van der Waals surface area (Å²) in [7, 11) is -4.26. The third-order valence-electron chi connectivity index (χ3n) is 7.09. The van der Waals surface area contributed by atoms with Gasteiger partial charge in [-0.15, -0.1) is 0 Å². The first-order valence-electron chi connectivity index (χ1n) is 15.8. The number of ketones is 2. The average molecular weight is 801 g/mol. The Hall–Kier alpha value is -4.52. The van der Waals surface area contributed by atoms with E-state index in [2.05, 4.69) is 5.32 Å². The number of rotatable bonds is 19. The summed E-state index contributed by atoms with van der Waals surface area (Å²) in [4.78, 5) is 63.7. The van der Waals surface area contributed by atoms with Crippen LogP contribution in [0.3, 0.4) is 0 Å². The summed E-state index contributed by atoms with van der Waals surface area (Å²) in [6.07, 6.45) is 0.505. The van der Waals surface area contributed by atoms with Crippen molar-refractivity contribution in [1.29, 1.82) is 0 Å². The third kappa shape index (κ3) is 13.1. The number of nitrogens with zero attached hydrogens (tertiary/aromatic N) is 1. The molecule has 1 heterocycles. The lowest BCUT2D eigenvalue weighted by Crippen LogP contribution is -2.53. The molecule has 53 heavy (non-hydrogen) atoms. The van der Waals surface area contributed by atoms with Gasteiger partial charge in [0, 0.05) is 16.1 Å². The molecule has 0 aliphatic rings. The molecule has 3 N–H and O–H groups in total. The molecule has 3 aromatic rings. The second-order valence-corrected chi connectivity index (χ2v) is 14.5. The number of nitrogens with two attached hydrogens (primary N) is 1.